The molecule has 0 N–H and O–H groups in total. The van der Waals surface area contributed by atoms with Gasteiger partial charge in [-0.15, -0.1) is 0 Å². The van der Waals surface area contributed by atoms with Crippen LogP contribution >= 0.6 is 0 Å². The molecule has 0 atom stereocenters. The summed E-state index contributed by atoms with van der Waals surface area (Å²) in [5.41, 5.74) is 1.31. The molecule has 0 bridgehead atoms. The summed E-state index contributed by atoms with van der Waals surface area (Å²) in [5.74, 6) is 1.58. The van der Waals surface area contributed by atoms with Gasteiger partial charge in [0.25, 0.3) is 5.56 Å². The average Bonchev–Trinajstić information content (AvgIpc) is 3.03. The molecule has 3 aromatic rings. The second-order valence-corrected chi connectivity index (χ2v) is 6.18. The molecule has 0 saturated carbocycles. The van der Waals surface area contributed by atoms with Crippen molar-refractivity contribution in [3.8, 4) is 5.75 Å². The zero-order chi connectivity index (χ0) is 17.7. The number of hydrogen-bond acceptors (Lipinski definition) is 5. The number of rotatable bonds is 2. The molecule has 130 valence electrons. The van der Waals surface area contributed by atoms with Crippen LogP contribution in [0, 0.1) is 0 Å². The first-order chi connectivity index (χ1) is 12.0. The van der Waals surface area contributed by atoms with Crippen molar-refractivity contribution < 1.29 is 4.74 Å². The summed E-state index contributed by atoms with van der Waals surface area (Å²) in [5, 5.41) is 0. The Morgan fingerprint density at radius 3 is 2.68 bits per heavy atom. The maximum atomic E-state index is 12.5. The highest BCUT2D eigenvalue weighted by Crippen LogP contribution is 2.25. The van der Waals surface area contributed by atoms with E-state index in [-0.39, 0.29) is 11.2 Å². The number of anilines is 1. The molecule has 0 amide bonds. The molecule has 0 radical (unpaired) electrons. The first-order valence-electron chi connectivity index (χ1n) is 8.05. The molecule has 8 nitrogen and oxygen atoms in total. The monoisotopic (exact) mass is 341 g/mol. The maximum absolute atomic E-state index is 12.5. The van der Waals surface area contributed by atoms with E-state index in [0.717, 1.165) is 28.4 Å². The van der Waals surface area contributed by atoms with Crippen LogP contribution in [0.4, 0.5) is 5.69 Å². The number of nitrogens with zero attached hydrogens (tertiary/aromatic N) is 5. The predicted molar refractivity (Wildman–Crippen MR) is 94.3 cm³/mol. The molecule has 0 fully saturated rings. The summed E-state index contributed by atoms with van der Waals surface area (Å²) in [6, 6.07) is 7.86. The van der Waals surface area contributed by atoms with Crippen LogP contribution in [-0.4, -0.2) is 32.3 Å². The lowest BCUT2D eigenvalue weighted by Gasteiger charge is -2.29. The van der Waals surface area contributed by atoms with E-state index in [4.69, 9.17) is 4.74 Å². The fourth-order valence-corrected chi connectivity index (χ4v) is 3.35. The van der Waals surface area contributed by atoms with Gasteiger partial charge in [0, 0.05) is 38.9 Å². The van der Waals surface area contributed by atoms with Crippen molar-refractivity contribution in [3.63, 3.8) is 0 Å². The van der Waals surface area contributed by atoms with E-state index in [0.29, 0.717) is 24.3 Å². The van der Waals surface area contributed by atoms with Gasteiger partial charge < -0.3 is 14.2 Å². The van der Waals surface area contributed by atoms with Gasteiger partial charge in [0.15, 0.2) is 11.2 Å². The third-order valence-corrected chi connectivity index (χ3v) is 4.77. The van der Waals surface area contributed by atoms with Crippen molar-refractivity contribution in [2.24, 2.45) is 14.1 Å². The summed E-state index contributed by atoms with van der Waals surface area (Å²) < 4.78 is 9.77. The highest BCUT2D eigenvalue weighted by molar-refractivity contribution is 5.71. The Morgan fingerprint density at radius 2 is 1.92 bits per heavy atom. The minimum Gasteiger partial charge on any atom is -0.497 e. The molecule has 4 rings (SSSR count). The molecular weight excluding hydrogens is 322 g/mol. The van der Waals surface area contributed by atoms with Gasteiger partial charge in [-0.05, 0) is 12.1 Å². The second kappa shape index (κ2) is 5.51. The lowest BCUT2D eigenvalue weighted by atomic mass is 10.2. The van der Waals surface area contributed by atoms with Crippen molar-refractivity contribution in [2.45, 2.75) is 13.1 Å². The Kier molecular flexibility index (Phi) is 3.41. The molecule has 1 aromatic carbocycles. The van der Waals surface area contributed by atoms with Crippen molar-refractivity contribution in [2.75, 3.05) is 18.6 Å². The summed E-state index contributed by atoms with van der Waals surface area (Å²) in [7, 11) is 4.78. The smallest absolute Gasteiger partial charge is 0.332 e. The standard InChI is InChI=1S/C17H19N5O3/c1-19-15-14(16(23)20(2)17(19)24)22-8-7-21(10-13(22)18-15)11-5-4-6-12(9-11)25-3/h4-6,9H,7-8,10H2,1-3H3. The molecule has 1 aliphatic rings. The molecule has 1 aliphatic heterocycles. The normalized spacial score (nSPS) is 14.0. The third kappa shape index (κ3) is 2.25. The van der Waals surface area contributed by atoms with Crippen LogP contribution in [0.1, 0.15) is 5.82 Å². The summed E-state index contributed by atoms with van der Waals surface area (Å²) >= 11 is 0. The van der Waals surface area contributed by atoms with Crippen LogP contribution in [-0.2, 0) is 27.2 Å². The van der Waals surface area contributed by atoms with E-state index in [9.17, 15) is 9.59 Å². The van der Waals surface area contributed by atoms with Crippen LogP contribution in [0.2, 0.25) is 0 Å². The SMILES string of the molecule is COc1cccc(N2CCn3c(nc4c3c(=O)n(C)c(=O)n4C)C2)c1. The number of imidazole rings is 1. The van der Waals surface area contributed by atoms with E-state index in [2.05, 4.69) is 9.88 Å². The molecule has 0 unspecified atom stereocenters. The molecule has 2 aromatic heterocycles. The number of aryl methyl sites for hydroxylation is 1. The molecule has 25 heavy (non-hydrogen) atoms. The molecule has 0 saturated heterocycles. The van der Waals surface area contributed by atoms with Gasteiger partial charge in [-0.2, -0.15) is 0 Å². The van der Waals surface area contributed by atoms with Gasteiger partial charge in [0.05, 0.1) is 13.7 Å². The molecular formula is C17H19N5O3. The van der Waals surface area contributed by atoms with Gasteiger partial charge in [0.2, 0.25) is 0 Å². The number of methoxy groups -OCH3 is 1. The largest absolute Gasteiger partial charge is 0.497 e. The van der Waals surface area contributed by atoms with Gasteiger partial charge in [-0.1, -0.05) is 6.07 Å². The first kappa shape index (κ1) is 15.5. The number of aromatic nitrogens is 4. The van der Waals surface area contributed by atoms with E-state index >= 15 is 0 Å². The van der Waals surface area contributed by atoms with Crippen LogP contribution < -0.4 is 20.9 Å². The Morgan fingerprint density at radius 1 is 1.12 bits per heavy atom. The number of hydrogen-bond donors (Lipinski definition) is 0. The van der Waals surface area contributed by atoms with Crippen LogP contribution in [0.5, 0.6) is 5.75 Å². The number of benzene rings is 1. The average molecular weight is 341 g/mol. The Labute approximate surface area is 143 Å². The zero-order valence-corrected chi connectivity index (χ0v) is 14.4. The molecule has 0 aliphatic carbocycles. The van der Waals surface area contributed by atoms with Gasteiger partial charge in [0.1, 0.15) is 11.6 Å². The van der Waals surface area contributed by atoms with E-state index in [1.807, 2.05) is 28.8 Å². The summed E-state index contributed by atoms with van der Waals surface area (Å²) in [6.45, 7) is 1.95. The minimum atomic E-state index is -0.363. The number of ether oxygens (including phenoxy) is 1. The van der Waals surface area contributed by atoms with Gasteiger partial charge >= 0.3 is 5.69 Å². The summed E-state index contributed by atoms with van der Waals surface area (Å²) in [4.78, 5) is 31.4. The molecule has 3 heterocycles. The fraction of sp³-hybridized carbons (Fsp3) is 0.353. The zero-order valence-electron chi connectivity index (χ0n) is 14.4. The Hall–Kier alpha value is -3.03. The van der Waals surface area contributed by atoms with E-state index < -0.39 is 0 Å². The van der Waals surface area contributed by atoms with Crippen LogP contribution in [0.15, 0.2) is 33.9 Å². The highest BCUT2D eigenvalue weighted by atomic mass is 16.5. The van der Waals surface area contributed by atoms with Crippen molar-refractivity contribution >= 4 is 16.9 Å². The topological polar surface area (TPSA) is 74.3 Å². The van der Waals surface area contributed by atoms with E-state index in [1.165, 1.54) is 11.6 Å². The van der Waals surface area contributed by atoms with Crippen LogP contribution in [0.25, 0.3) is 11.2 Å². The van der Waals surface area contributed by atoms with Crippen LogP contribution in [0.3, 0.4) is 0 Å². The maximum Gasteiger partial charge on any atom is 0.332 e. The third-order valence-electron chi connectivity index (χ3n) is 4.77. The molecule has 0 spiro atoms. The first-order valence-corrected chi connectivity index (χ1v) is 8.05. The van der Waals surface area contributed by atoms with Crippen molar-refractivity contribution in [1.82, 2.24) is 18.7 Å². The number of fused-ring (bicyclic) bond motifs is 3. The quantitative estimate of drug-likeness (QED) is 0.677. The van der Waals surface area contributed by atoms with Crippen molar-refractivity contribution in [3.05, 3.63) is 50.9 Å². The van der Waals surface area contributed by atoms with Crippen molar-refractivity contribution in [1.29, 1.82) is 0 Å². The second-order valence-electron chi connectivity index (χ2n) is 6.18. The predicted octanol–water partition coefficient (Wildman–Crippen LogP) is 0.462. The lowest BCUT2D eigenvalue weighted by Crippen LogP contribution is -2.38. The fourth-order valence-electron chi connectivity index (χ4n) is 3.35. The Bertz CT molecular complexity index is 1090. The van der Waals surface area contributed by atoms with Gasteiger partial charge in [-0.3, -0.25) is 13.9 Å². The Balaban J connectivity index is 1.82. The van der Waals surface area contributed by atoms with Gasteiger partial charge in [-0.25, -0.2) is 9.78 Å². The van der Waals surface area contributed by atoms with E-state index in [1.54, 1.807) is 14.2 Å². The summed E-state index contributed by atoms with van der Waals surface area (Å²) in [6.07, 6.45) is 0. The molecule has 8 heteroatoms. The highest BCUT2D eigenvalue weighted by Gasteiger charge is 2.24. The minimum absolute atomic E-state index is 0.299. The lowest BCUT2D eigenvalue weighted by molar-refractivity contribution is 0.414.